The largest absolute Gasteiger partial charge is 0.463 e. The third kappa shape index (κ3) is 16.1. The minimum atomic E-state index is -2.33. The number of hydrogen-bond donors (Lipinski definition) is 1. The van der Waals surface area contributed by atoms with Crippen molar-refractivity contribution in [1.82, 2.24) is 0 Å². The lowest BCUT2D eigenvalue weighted by Crippen LogP contribution is -2.69. The predicted octanol–water partition coefficient (Wildman–Crippen LogP) is 5.04. The fourth-order valence-corrected chi connectivity index (χ4v) is 11.0. The van der Waals surface area contributed by atoms with E-state index in [0.717, 1.165) is 0 Å². The molecule has 0 aromatic rings. The average molecular weight is 787 g/mol. The lowest BCUT2D eigenvalue weighted by Gasteiger charge is -2.53. The van der Waals surface area contributed by atoms with Gasteiger partial charge >= 0.3 is 11.9 Å². The highest BCUT2D eigenvalue weighted by Crippen LogP contribution is 2.38. The maximum Gasteiger partial charge on any atom is 0.302 e. The summed E-state index contributed by atoms with van der Waals surface area (Å²) < 4.78 is 64.7. The van der Waals surface area contributed by atoms with Crippen LogP contribution in [0.3, 0.4) is 0 Å². The van der Waals surface area contributed by atoms with E-state index < -0.39 is 115 Å². The molecule has 0 aromatic carbocycles. The summed E-state index contributed by atoms with van der Waals surface area (Å²) >= 11 is 0. The Morgan fingerprint density at radius 1 is 0.490 bits per heavy atom. The number of esters is 2. The summed E-state index contributed by atoms with van der Waals surface area (Å²) in [6.45, 7) is 33.3. The highest BCUT2D eigenvalue weighted by atomic mass is 28.4. The minimum Gasteiger partial charge on any atom is -0.463 e. The molecule has 2 aliphatic heterocycles. The van der Waals surface area contributed by atoms with Crippen LogP contribution in [0.15, 0.2) is 0 Å². The average Bonchev–Trinajstić information content (AvgIpc) is 2.85. The fourth-order valence-electron chi connectivity index (χ4n) is 5.57. The molecule has 0 spiro atoms. The van der Waals surface area contributed by atoms with Gasteiger partial charge in [-0.05, 0) is 98.2 Å². The van der Waals surface area contributed by atoms with Crippen molar-refractivity contribution in [2.24, 2.45) is 0 Å². The van der Waals surface area contributed by atoms with Gasteiger partial charge in [-0.1, -0.05) is 0 Å². The van der Waals surface area contributed by atoms with Gasteiger partial charge in [0.05, 0.1) is 0 Å². The summed E-state index contributed by atoms with van der Waals surface area (Å²) in [5, 5.41) is 11.3. The van der Waals surface area contributed by atoms with Crippen molar-refractivity contribution in [1.29, 1.82) is 0 Å². The summed E-state index contributed by atoms with van der Waals surface area (Å²) in [4.78, 5) is 24.1. The van der Waals surface area contributed by atoms with Crippen molar-refractivity contribution >= 4 is 53.5 Å². The number of hydrogen-bond acceptors (Lipinski definition) is 13. The van der Waals surface area contributed by atoms with Gasteiger partial charge < -0.3 is 50.9 Å². The van der Waals surface area contributed by atoms with Crippen LogP contribution in [-0.4, -0.2) is 133 Å². The van der Waals surface area contributed by atoms with Gasteiger partial charge in [0, 0.05) is 13.8 Å². The Labute approximate surface area is 299 Å². The molecule has 2 saturated heterocycles. The van der Waals surface area contributed by atoms with E-state index in [9.17, 15) is 14.7 Å². The maximum absolute atomic E-state index is 12.1. The summed E-state index contributed by atoms with van der Waals surface area (Å²) in [5.74, 6) is -0.966. The second-order valence-electron chi connectivity index (χ2n) is 17.8. The van der Waals surface area contributed by atoms with Crippen LogP contribution in [-0.2, 0) is 55.4 Å². The van der Waals surface area contributed by atoms with E-state index in [1.807, 2.05) is 39.3 Å². The zero-order chi connectivity index (χ0) is 37.9. The van der Waals surface area contributed by atoms with E-state index in [0.29, 0.717) is 0 Å². The normalized spacial score (nSPS) is 32.1. The van der Waals surface area contributed by atoms with E-state index in [-0.39, 0.29) is 13.2 Å². The quantitative estimate of drug-likeness (QED) is 0.165. The van der Waals surface area contributed by atoms with Crippen LogP contribution in [0.5, 0.6) is 0 Å². The molecule has 10 atom stereocenters. The summed E-state index contributed by atoms with van der Waals surface area (Å²) in [6.07, 6.45) is -8.86. The number of aliphatic hydroxyl groups excluding tert-OH is 1. The van der Waals surface area contributed by atoms with Gasteiger partial charge in [-0.15, -0.1) is 0 Å². The van der Waals surface area contributed by atoms with Crippen LogP contribution >= 0.6 is 0 Å². The molecule has 2 heterocycles. The van der Waals surface area contributed by atoms with E-state index in [2.05, 4.69) is 58.9 Å². The molecular formula is C31H66O13Si5. The van der Waals surface area contributed by atoms with Crippen molar-refractivity contribution < 1.29 is 60.5 Å². The first kappa shape index (κ1) is 44.8. The number of aliphatic hydroxyl groups is 1. The Morgan fingerprint density at radius 2 is 0.816 bits per heavy atom. The molecule has 2 fully saturated rings. The Balaban J connectivity index is 2.80. The van der Waals surface area contributed by atoms with Crippen LogP contribution in [0.1, 0.15) is 13.8 Å². The van der Waals surface area contributed by atoms with Gasteiger partial charge in [0.2, 0.25) is 0 Å². The van der Waals surface area contributed by atoms with Gasteiger partial charge in [0.25, 0.3) is 0 Å². The van der Waals surface area contributed by atoms with Crippen molar-refractivity contribution in [3.63, 3.8) is 0 Å². The molecule has 0 radical (unpaired) electrons. The Hall–Kier alpha value is -0.336. The standard InChI is InChI=1S/C31H66O13Si5/c1-20(32)35-18-22-24(26(41-46(6,7)8)28(30(34)37-22)43-48(12,13)14)39-31-29(44-49(15,16)17)27(42-47(9,10)11)25(40-45(3,4)5)23(38-31)19-36-21(2)33/h22-31,34H,18-19H2,1-17H3/t22-,23-,24-,25+,26+,27+,28-,29-,30?,31+/m1/s1. The number of carbonyl (C=O) groups excluding carboxylic acids is 2. The lowest BCUT2D eigenvalue weighted by molar-refractivity contribution is -0.347. The molecule has 2 rings (SSSR count). The molecule has 49 heavy (non-hydrogen) atoms. The second-order valence-corrected chi connectivity index (χ2v) is 40.1. The van der Waals surface area contributed by atoms with Crippen LogP contribution in [0, 0.1) is 0 Å². The van der Waals surface area contributed by atoms with E-state index in [4.69, 9.17) is 45.8 Å². The number of carbonyl (C=O) groups is 2. The summed E-state index contributed by atoms with van der Waals surface area (Å²) in [5.41, 5.74) is 0. The van der Waals surface area contributed by atoms with Crippen molar-refractivity contribution in [3.8, 4) is 0 Å². The van der Waals surface area contributed by atoms with Crippen molar-refractivity contribution in [3.05, 3.63) is 0 Å². The molecule has 0 aliphatic carbocycles. The molecule has 13 nitrogen and oxygen atoms in total. The summed E-state index contributed by atoms with van der Waals surface area (Å²) in [7, 11) is -11.4. The lowest BCUT2D eigenvalue weighted by atomic mass is 9.97. The molecule has 0 saturated carbocycles. The molecule has 288 valence electrons. The predicted molar refractivity (Wildman–Crippen MR) is 199 cm³/mol. The Kier molecular flexibility index (Phi) is 15.7. The van der Waals surface area contributed by atoms with Crippen LogP contribution in [0.25, 0.3) is 0 Å². The molecular weight excluding hydrogens is 721 g/mol. The smallest absolute Gasteiger partial charge is 0.302 e. The van der Waals surface area contributed by atoms with Crippen molar-refractivity contribution in [2.75, 3.05) is 13.2 Å². The molecule has 0 bridgehead atoms. The topological polar surface area (TPSA) is 147 Å². The van der Waals surface area contributed by atoms with Gasteiger partial charge in [0.15, 0.2) is 54.2 Å². The van der Waals surface area contributed by atoms with Gasteiger partial charge in [-0.25, -0.2) is 0 Å². The number of ether oxygens (including phenoxy) is 5. The van der Waals surface area contributed by atoms with Gasteiger partial charge in [0.1, 0.15) is 62.0 Å². The first-order chi connectivity index (χ1) is 21.9. The van der Waals surface area contributed by atoms with E-state index in [1.54, 1.807) is 0 Å². The first-order valence-corrected chi connectivity index (χ1v) is 34.3. The number of rotatable bonds is 16. The Bertz CT molecular complexity index is 1080. The SMILES string of the molecule is CC(=O)OC[C@H]1O[C@@H](O[C@H]2[C@H](O[Si](C)(C)C)[C@@H](O[Si](C)(C)C)C(O)O[C@@H]2COC(C)=O)[C@H](O[Si](C)(C)C)[C@@H](O[Si](C)(C)C)[C@H]1O[Si](C)(C)C. The first-order valence-electron chi connectivity index (χ1n) is 17.2. The maximum atomic E-state index is 12.1. The second kappa shape index (κ2) is 17.2. The molecule has 18 heteroatoms. The highest BCUT2D eigenvalue weighted by molar-refractivity contribution is 6.71. The Morgan fingerprint density at radius 3 is 1.20 bits per heavy atom. The molecule has 1 unspecified atom stereocenters. The van der Waals surface area contributed by atoms with E-state index >= 15 is 0 Å². The summed E-state index contributed by atoms with van der Waals surface area (Å²) in [6, 6.07) is 0. The highest BCUT2D eigenvalue weighted by Gasteiger charge is 2.56. The molecule has 1 N–H and O–H groups in total. The van der Waals surface area contributed by atoms with Gasteiger partial charge in [-0.3, -0.25) is 9.59 Å². The van der Waals surface area contributed by atoms with E-state index in [1.165, 1.54) is 13.8 Å². The zero-order valence-corrected chi connectivity index (χ0v) is 38.0. The van der Waals surface area contributed by atoms with Crippen molar-refractivity contribution in [2.45, 2.75) is 173 Å². The van der Waals surface area contributed by atoms with Gasteiger partial charge in [-0.2, -0.15) is 0 Å². The third-order valence-electron chi connectivity index (χ3n) is 6.84. The third-order valence-corrected chi connectivity index (χ3v) is 11.7. The molecule has 0 aromatic heterocycles. The fraction of sp³-hybridized carbons (Fsp3) is 0.935. The monoisotopic (exact) mass is 786 g/mol. The molecule has 2 aliphatic rings. The minimum absolute atomic E-state index is 0.0947. The molecule has 0 amide bonds. The van der Waals surface area contributed by atoms with Crippen LogP contribution in [0.2, 0.25) is 98.2 Å². The van der Waals surface area contributed by atoms with Crippen LogP contribution in [0.4, 0.5) is 0 Å². The zero-order valence-electron chi connectivity index (χ0n) is 33.0. The van der Waals surface area contributed by atoms with Crippen LogP contribution < -0.4 is 0 Å².